The Morgan fingerprint density at radius 2 is 1.37 bits per heavy atom. The minimum absolute atomic E-state index is 0.0471. The number of nitriles is 1. The lowest BCUT2D eigenvalue weighted by Crippen LogP contribution is -2.28. The topological polar surface area (TPSA) is 23.8 Å². The van der Waals surface area contributed by atoms with Gasteiger partial charge in [-0.25, -0.2) is 0 Å². The quantitative estimate of drug-likeness (QED) is 0.405. The van der Waals surface area contributed by atoms with Crippen molar-refractivity contribution in [1.82, 2.24) is 0 Å². The molecule has 0 saturated heterocycles. The first-order valence-electron chi connectivity index (χ1n) is 8.55. The molecular weight excluding hydrogens is 230 g/mol. The van der Waals surface area contributed by atoms with Crippen molar-refractivity contribution in [1.29, 1.82) is 5.26 Å². The van der Waals surface area contributed by atoms with Crippen LogP contribution in [0.4, 0.5) is 0 Å². The third-order valence-corrected chi connectivity index (χ3v) is 5.28. The van der Waals surface area contributed by atoms with E-state index in [1.165, 1.54) is 64.2 Å². The normalized spacial score (nSPS) is 17.2. The third-order valence-electron chi connectivity index (χ3n) is 5.28. The number of hydrogen-bond donors (Lipinski definition) is 0. The van der Waals surface area contributed by atoms with E-state index >= 15 is 0 Å². The maximum atomic E-state index is 9.55. The van der Waals surface area contributed by atoms with E-state index in [9.17, 15) is 5.26 Å². The lowest BCUT2D eigenvalue weighted by molar-refractivity contribution is 0.163. The van der Waals surface area contributed by atoms with Gasteiger partial charge in [0.05, 0.1) is 11.5 Å². The summed E-state index contributed by atoms with van der Waals surface area (Å²) in [5.41, 5.74) is 0.342. The van der Waals surface area contributed by atoms with Gasteiger partial charge in [0, 0.05) is 0 Å². The standard InChI is InChI=1S/C18H33N/c1-4-6-8-10-12-17(3,13-11-9-7-5-2)18(16-19)14-15-18/h4-15H2,1-3H3. The fourth-order valence-corrected chi connectivity index (χ4v) is 3.46. The van der Waals surface area contributed by atoms with Gasteiger partial charge in [0.15, 0.2) is 0 Å². The van der Waals surface area contributed by atoms with Crippen molar-refractivity contribution < 1.29 is 0 Å². The second-order valence-corrected chi connectivity index (χ2v) is 6.88. The van der Waals surface area contributed by atoms with Gasteiger partial charge in [0.1, 0.15) is 0 Å². The fraction of sp³-hybridized carbons (Fsp3) is 0.944. The van der Waals surface area contributed by atoms with Gasteiger partial charge in [0.25, 0.3) is 0 Å². The Hall–Kier alpha value is -0.510. The molecular formula is C18H33N. The Bertz CT molecular complexity index is 271. The molecule has 0 amide bonds. The van der Waals surface area contributed by atoms with Crippen LogP contribution in [-0.4, -0.2) is 0 Å². The highest BCUT2D eigenvalue weighted by molar-refractivity contribution is 5.17. The lowest BCUT2D eigenvalue weighted by Gasteiger charge is -2.35. The van der Waals surface area contributed by atoms with E-state index in [1.54, 1.807) is 0 Å². The van der Waals surface area contributed by atoms with Crippen LogP contribution in [0.5, 0.6) is 0 Å². The molecule has 1 nitrogen and oxygen atoms in total. The first kappa shape index (κ1) is 16.5. The summed E-state index contributed by atoms with van der Waals surface area (Å²) in [6.07, 6.45) is 15.5. The van der Waals surface area contributed by atoms with Crippen molar-refractivity contribution >= 4 is 0 Å². The second-order valence-electron chi connectivity index (χ2n) is 6.88. The van der Waals surface area contributed by atoms with Crippen LogP contribution < -0.4 is 0 Å². The zero-order valence-corrected chi connectivity index (χ0v) is 13.4. The van der Waals surface area contributed by atoms with Gasteiger partial charge < -0.3 is 0 Å². The first-order chi connectivity index (χ1) is 9.14. The predicted molar refractivity (Wildman–Crippen MR) is 82.9 cm³/mol. The monoisotopic (exact) mass is 263 g/mol. The summed E-state index contributed by atoms with van der Waals surface area (Å²) < 4.78 is 0. The van der Waals surface area contributed by atoms with Gasteiger partial charge in [-0.15, -0.1) is 0 Å². The van der Waals surface area contributed by atoms with Gasteiger partial charge in [-0.05, 0) is 31.1 Å². The van der Waals surface area contributed by atoms with Crippen LogP contribution in [0, 0.1) is 22.2 Å². The van der Waals surface area contributed by atoms with Gasteiger partial charge >= 0.3 is 0 Å². The Morgan fingerprint density at radius 3 is 1.68 bits per heavy atom. The van der Waals surface area contributed by atoms with E-state index in [4.69, 9.17) is 0 Å². The van der Waals surface area contributed by atoms with Crippen molar-refractivity contribution in [3.8, 4) is 6.07 Å². The van der Waals surface area contributed by atoms with Crippen molar-refractivity contribution in [3.63, 3.8) is 0 Å². The molecule has 0 N–H and O–H groups in total. The molecule has 0 radical (unpaired) electrons. The van der Waals surface area contributed by atoms with Crippen LogP contribution in [0.15, 0.2) is 0 Å². The third kappa shape index (κ3) is 4.51. The molecule has 0 bridgehead atoms. The summed E-state index contributed by atoms with van der Waals surface area (Å²) in [7, 11) is 0. The zero-order valence-electron chi connectivity index (χ0n) is 13.4. The Labute approximate surface area is 120 Å². The summed E-state index contributed by atoms with van der Waals surface area (Å²) in [6.45, 7) is 6.93. The Kier molecular flexibility index (Phi) is 6.90. The van der Waals surface area contributed by atoms with Gasteiger partial charge in [-0.2, -0.15) is 5.26 Å². The summed E-state index contributed by atoms with van der Waals surface area (Å²) in [6, 6.07) is 2.67. The highest BCUT2D eigenvalue weighted by Gasteiger charge is 2.56. The van der Waals surface area contributed by atoms with Crippen molar-refractivity contribution in [2.24, 2.45) is 10.8 Å². The molecule has 0 atom stereocenters. The van der Waals surface area contributed by atoms with Crippen molar-refractivity contribution in [2.75, 3.05) is 0 Å². The maximum Gasteiger partial charge on any atom is 0.0695 e. The highest BCUT2D eigenvalue weighted by atomic mass is 14.6. The van der Waals surface area contributed by atoms with Crippen LogP contribution in [0.25, 0.3) is 0 Å². The van der Waals surface area contributed by atoms with Crippen LogP contribution in [0.2, 0.25) is 0 Å². The van der Waals surface area contributed by atoms with Gasteiger partial charge in [0.2, 0.25) is 0 Å². The fourth-order valence-electron chi connectivity index (χ4n) is 3.46. The molecule has 1 heteroatoms. The van der Waals surface area contributed by atoms with Crippen LogP contribution >= 0.6 is 0 Å². The molecule has 110 valence electrons. The molecule has 1 saturated carbocycles. The van der Waals surface area contributed by atoms with E-state index < -0.39 is 0 Å². The molecule has 1 aliphatic rings. The van der Waals surface area contributed by atoms with E-state index in [0.717, 1.165) is 12.8 Å². The maximum absolute atomic E-state index is 9.55. The molecule has 0 aromatic rings. The SMILES string of the molecule is CCCCCCC(C)(CCCCCC)C1(C#N)CC1. The van der Waals surface area contributed by atoms with Crippen LogP contribution in [-0.2, 0) is 0 Å². The van der Waals surface area contributed by atoms with Gasteiger partial charge in [-0.1, -0.05) is 72.1 Å². The molecule has 0 aromatic heterocycles. The average molecular weight is 263 g/mol. The smallest absolute Gasteiger partial charge is 0.0695 e. The summed E-state index contributed by atoms with van der Waals surface area (Å²) >= 11 is 0. The van der Waals surface area contributed by atoms with Crippen molar-refractivity contribution in [3.05, 3.63) is 0 Å². The number of nitrogens with zero attached hydrogens (tertiary/aromatic N) is 1. The zero-order chi connectivity index (χ0) is 14.2. The van der Waals surface area contributed by atoms with E-state index in [-0.39, 0.29) is 5.41 Å². The average Bonchev–Trinajstić information content (AvgIpc) is 3.21. The predicted octanol–water partition coefficient (Wildman–Crippen LogP) is 6.24. The van der Waals surface area contributed by atoms with Crippen LogP contribution in [0.1, 0.15) is 97.8 Å². The molecule has 19 heavy (non-hydrogen) atoms. The highest BCUT2D eigenvalue weighted by Crippen LogP contribution is 2.62. The minimum Gasteiger partial charge on any atom is -0.198 e. The Balaban J connectivity index is 2.46. The summed E-state index contributed by atoms with van der Waals surface area (Å²) in [5.74, 6) is 0. The number of hydrogen-bond acceptors (Lipinski definition) is 1. The molecule has 0 aromatic carbocycles. The molecule has 1 fully saturated rings. The molecule has 1 aliphatic carbocycles. The minimum atomic E-state index is 0.0471. The molecule has 0 aliphatic heterocycles. The van der Waals surface area contributed by atoms with Crippen molar-refractivity contribution in [2.45, 2.75) is 97.8 Å². The van der Waals surface area contributed by atoms with Crippen LogP contribution in [0.3, 0.4) is 0 Å². The second kappa shape index (κ2) is 7.93. The molecule has 0 unspecified atom stereocenters. The first-order valence-corrected chi connectivity index (χ1v) is 8.55. The summed E-state index contributed by atoms with van der Waals surface area (Å²) in [5, 5.41) is 9.55. The van der Waals surface area contributed by atoms with E-state index in [1.807, 2.05) is 0 Å². The number of rotatable bonds is 11. The van der Waals surface area contributed by atoms with E-state index in [2.05, 4.69) is 26.8 Å². The van der Waals surface area contributed by atoms with Gasteiger partial charge in [-0.3, -0.25) is 0 Å². The molecule has 0 spiro atoms. The lowest BCUT2D eigenvalue weighted by atomic mass is 9.68. The molecule has 0 heterocycles. The number of unbranched alkanes of at least 4 members (excludes halogenated alkanes) is 6. The Morgan fingerprint density at radius 1 is 0.895 bits per heavy atom. The van der Waals surface area contributed by atoms with E-state index in [0.29, 0.717) is 5.41 Å². The largest absolute Gasteiger partial charge is 0.198 e. The molecule has 1 rings (SSSR count). The summed E-state index contributed by atoms with van der Waals surface area (Å²) in [4.78, 5) is 0.